The molecule has 2 rings (SSSR count). The summed E-state index contributed by atoms with van der Waals surface area (Å²) < 4.78 is 40.6. The van der Waals surface area contributed by atoms with Crippen LogP contribution in [0.4, 0.5) is 13.2 Å². The van der Waals surface area contributed by atoms with Crippen molar-refractivity contribution in [2.45, 2.75) is 31.7 Å². The lowest BCUT2D eigenvalue weighted by molar-refractivity contribution is -0.274. The van der Waals surface area contributed by atoms with Crippen LogP contribution in [0.1, 0.15) is 29.6 Å². The van der Waals surface area contributed by atoms with Crippen LogP contribution >= 0.6 is 0 Å². The van der Waals surface area contributed by atoms with E-state index in [2.05, 4.69) is 10.1 Å². The second-order valence-electron chi connectivity index (χ2n) is 4.46. The molecule has 1 unspecified atom stereocenters. The Morgan fingerprint density at radius 2 is 2.11 bits per heavy atom. The molecule has 0 bridgehead atoms. The lowest BCUT2D eigenvalue weighted by Gasteiger charge is -2.14. The summed E-state index contributed by atoms with van der Waals surface area (Å²) in [7, 11) is 0. The van der Waals surface area contributed by atoms with Crippen molar-refractivity contribution in [2.75, 3.05) is 6.54 Å². The lowest BCUT2D eigenvalue weighted by atomic mass is 10.0. The molecule has 1 saturated heterocycles. The first kappa shape index (κ1) is 13.9. The topological polar surface area (TPSA) is 38.3 Å². The van der Waals surface area contributed by atoms with Gasteiger partial charge in [0.15, 0.2) is 5.78 Å². The molecule has 0 aliphatic carbocycles. The van der Waals surface area contributed by atoms with Gasteiger partial charge in [-0.1, -0.05) is 12.1 Å². The Kier molecular flexibility index (Phi) is 4.09. The molecule has 104 valence electrons. The Balaban J connectivity index is 2.11. The quantitative estimate of drug-likeness (QED) is 0.857. The van der Waals surface area contributed by atoms with E-state index in [1.165, 1.54) is 18.2 Å². The molecule has 0 amide bonds. The SMILES string of the molecule is O=C(CC1CCCN1)c1ccccc1OC(F)(F)F. The molecule has 19 heavy (non-hydrogen) atoms. The Morgan fingerprint density at radius 1 is 1.37 bits per heavy atom. The number of halogens is 3. The molecule has 0 saturated carbocycles. The average Bonchev–Trinajstić information content (AvgIpc) is 2.80. The lowest BCUT2D eigenvalue weighted by Crippen LogP contribution is -2.25. The molecule has 1 N–H and O–H groups in total. The summed E-state index contributed by atoms with van der Waals surface area (Å²) in [5, 5.41) is 3.14. The van der Waals surface area contributed by atoms with Crippen molar-refractivity contribution in [3.8, 4) is 5.75 Å². The molecule has 0 spiro atoms. The minimum absolute atomic E-state index is 0.0199. The maximum atomic E-state index is 12.2. The van der Waals surface area contributed by atoms with Gasteiger partial charge in [-0.15, -0.1) is 13.2 Å². The zero-order chi connectivity index (χ0) is 13.9. The molecule has 1 fully saturated rings. The molecule has 1 aromatic carbocycles. The van der Waals surface area contributed by atoms with E-state index < -0.39 is 12.1 Å². The Labute approximate surface area is 108 Å². The van der Waals surface area contributed by atoms with Crippen molar-refractivity contribution >= 4 is 5.78 Å². The number of Topliss-reactive ketones (excluding diaryl/α,β-unsaturated/α-hetero) is 1. The summed E-state index contributed by atoms with van der Waals surface area (Å²) in [6.07, 6.45) is -2.74. The molecule has 0 radical (unpaired) electrons. The van der Waals surface area contributed by atoms with Crippen molar-refractivity contribution < 1.29 is 22.7 Å². The van der Waals surface area contributed by atoms with Gasteiger partial charge in [-0.2, -0.15) is 0 Å². The summed E-state index contributed by atoms with van der Waals surface area (Å²) in [4.78, 5) is 12.0. The molecule has 1 aliphatic heterocycles. The summed E-state index contributed by atoms with van der Waals surface area (Å²) in [5.74, 6) is -0.766. The van der Waals surface area contributed by atoms with Crippen LogP contribution in [-0.2, 0) is 0 Å². The van der Waals surface area contributed by atoms with Gasteiger partial charge in [0.1, 0.15) is 5.75 Å². The van der Waals surface area contributed by atoms with Crippen LogP contribution < -0.4 is 10.1 Å². The molecule has 1 heterocycles. The zero-order valence-corrected chi connectivity index (χ0v) is 10.2. The monoisotopic (exact) mass is 273 g/mol. The van der Waals surface area contributed by atoms with Gasteiger partial charge in [-0.05, 0) is 31.5 Å². The number of hydrogen-bond donors (Lipinski definition) is 1. The first-order chi connectivity index (χ1) is 8.96. The summed E-state index contributed by atoms with van der Waals surface area (Å²) in [6.45, 7) is 0.846. The predicted octanol–water partition coefficient (Wildman–Crippen LogP) is 2.91. The van der Waals surface area contributed by atoms with Crippen LogP contribution in [0.2, 0.25) is 0 Å². The van der Waals surface area contributed by atoms with Crippen LogP contribution in [0.25, 0.3) is 0 Å². The fraction of sp³-hybridized carbons (Fsp3) is 0.462. The molecule has 0 aromatic heterocycles. The highest BCUT2D eigenvalue weighted by atomic mass is 19.4. The molecule has 1 aliphatic rings. The zero-order valence-electron chi connectivity index (χ0n) is 10.2. The fourth-order valence-electron chi connectivity index (χ4n) is 2.18. The van der Waals surface area contributed by atoms with E-state index in [9.17, 15) is 18.0 Å². The number of rotatable bonds is 4. The van der Waals surface area contributed by atoms with E-state index >= 15 is 0 Å². The molecular weight excluding hydrogens is 259 g/mol. The van der Waals surface area contributed by atoms with E-state index in [0.29, 0.717) is 0 Å². The highest BCUT2D eigenvalue weighted by molar-refractivity contribution is 5.99. The Hall–Kier alpha value is -1.56. The maximum Gasteiger partial charge on any atom is 0.573 e. The largest absolute Gasteiger partial charge is 0.573 e. The second-order valence-corrected chi connectivity index (χ2v) is 4.46. The number of hydrogen-bond acceptors (Lipinski definition) is 3. The highest BCUT2D eigenvalue weighted by Gasteiger charge is 2.33. The number of ether oxygens (including phenoxy) is 1. The van der Waals surface area contributed by atoms with E-state index in [1.807, 2.05) is 0 Å². The van der Waals surface area contributed by atoms with Crippen LogP contribution in [0, 0.1) is 0 Å². The average molecular weight is 273 g/mol. The van der Waals surface area contributed by atoms with Gasteiger partial charge >= 0.3 is 6.36 Å². The molecule has 1 atom stereocenters. The third-order valence-corrected chi connectivity index (χ3v) is 3.01. The maximum absolute atomic E-state index is 12.2. The van der Waals surface area contributed by atoms with E-state index in [4.69, 9.17) is 0 Å². The Bertz CT molecular complexity index is 453. The van der Waals surface area contributed by atoms with Crippen molar-refractivity contribution in [1.29, 1.82) is 0 Å². The predicted molar refractivity (Wildman–Crippen MR) is 63.1 cm³/mol. The van der Waals surface area contributed by atoms with Crippen molar-refractivity contribution in [3.63, 3.8) is 0 Å². The van der Waals surface area contributed by atoms with Gasteiger partial charge in [-0.25, -0.2) is 0 Å². The highest BCUT2D eigenvalue weighted by Crippen LogP contribution is 2.27. The normalized spacial score (nSPS) is 19.4. The van der Waals surface area contributed by atoms with Crippen LogP contribution in [0.15, 0.2) is 24.3 Å². The van der Waals surface area contributed by atoms with Gasteiger partial charge in [0.2, 0.25) is 0 Å². The van der Waals surface area contributed by atoms with Gasteiger partial charge in [0.25, 0.3) is 0 Å². The number of ketones is 1. The fourth-order valence-corrected chi connectivity index (χ4v) is 2.18. The number of para-hydroxylation sites is 1. The van der Waals surface area contributed by atoms with Crippen molar-refractivity contribution in [2.24, 2.45) is 0 Å². The minimum Gasteiger partial charge on any atom is -0.405 e. The van der Waals surface area contributed by atoms with E-state index in [1.54, 1.807) is 0 Å². The van der Waals surface area contributed by atoms with Gasteiger partial charge in [0.05, 0.1) is 5.56 Å². The molecular formula is C13H14F3NO2. The summed E-state index contributed by atoms with van der Waals surface area (Å²) in [6, 6.07) is 5.50. The Morgan fingerprint density at radius 3 is 2.74 bits per heavy atom. The van der Waals surface area contributed by atoms with Crippen molar-refractivity contribution in [1.82, 2.24) is 5.32 Å². The number of alkyl halides is 3. The standard InChI is InChI=1S/C13H14F3NO2/c14-13(15,16)19-12-6-2-1-5-10(12)11(18)8-9-4-3-7-17-9/h1-2,5-6,9,17H,3-4,7-8H2. The molecule has 1 aromatic rings. The summed E-state index contributed by atoms with van der Waals surface area (Å²) in [5.41, 5.74) is -0.0199. The van der Waals surface area contributed by atoms with Gasteiger partial charge in [-0.3, -0.25) is 4.79 Å². The van der Waals surface area contributed by atoms with E-state index in [0.717, 1.165) is 25.5 Å². The summed E-state index contributed by atoms with van der Waals surface area (Å²) >= 11 is 0. The van der Waals surface area contributed by atoms with Gasteiger partial charge < -0.3 is 10.1 Å². The smallest absolute Gasteiger partial charge is 0.405 e. The number of carbonyl (C=O) groups is 1. The minimum atomic E-state index is -4.79. The van der Waals surface area contributed by atoms with Crippen LogP contribution in [0.5, 0.6) is 5.75 Å². The van der Waals surface area contributed by atoms with Gasteiger partial charge in [0, 0.05) is 12.5 Å². The first-order valence-electron chi connectivity index (χ1n) is 6.07. The van der Waals surface area contributed by atoms with E-state index in [-0.39, 0.29) is 23.8 Å². The first-order valence-corrected chi connectivity index (χ1v) is 6.07. The number of benzene rings is 1. The number of nitrogens with one attached hydrogen (secondary N) is 1. The third kappa shape index (κ3) is 3.96. The van der Waals surface area contributed by atoms with Crippen LogP contribution in [0.3, 0.4) is 0 Å². The number of carbonyl (C=O) groups excluding carboxylic acids is 1. The van der Waals surface area contributed by atoms with Crippen molar-refractivity contribution in [3.05, 3.63) is 29.8 Å². The molecule has 3 nitrogen and oxygen atoms in total. The third-order valence-electron chi connectivity index (χ3n) is 3.01. The second kappa shape index (κ2) is 5.61. The van der Waals surface area contributed by atoms with Crippen LogP contribution in [-0.4, -0.2) is 24.7 Å². The molecule has 6 heteroatoms.